The van der Waals surface area contributed by atoms with E-state index in [4.69, 9.17) is 0 Å². The van der Waals surface area contributed by atoms with E-state index < -0.39 is 0 Å². The molecule has 0 unspecified atom stereocenters. The Morgan fingerprint density at radius 1 is 1.35 bits per heavy atom. The van der Waals surface area contributed by atoms with Crippen molar-refractivity contribution in [2.75, 3.05) is 0 Å². The molecule has 23 heavy (non-hydrogen) atoms. The van der Waals surface area contributed by atoms with E-state index in [-0.39, 0.29) is 11.5 Å². The van der Waals surface area contributed by atoms with E-state index in [1.807, 2.05) is 6.08 Å². The van der Waals surface area contributed by atoms with Crippen LogP contribution in [0.1, 0.15) is 58.3 Å². The molecular formula is C21H30O2. The number of aliphatic hydroxyl groups is 1. The molecule has 3 fully saturated rings. The predicted octanol–water partition coefficient (Wildman–Crippen LogP) is 4.29. The molecule has 0 aliphatic heterocycles. The van der Waals surface area contributed by atoms with Crippen molar-refractivity contribution in [3.05, 3.63) is 24.3 Å². The molecule has 0 amide bonds. The number of allylic oxidation sites excluding steroid dienone is 2. The highest BCUT2D eigenvalue weighted by atomic mass is 16.3. The summed E-state index contributed by atoms with van der Waals surface area (Å²) in [6, 6.07) is 0. The van der Waals surface area contributed by atoms with Crippen LogP contribution < -0.4 is 0 Å². The van der Waals surface area contributed by atoms with Crippen molar-refractivity contribution in [3.63, 3.8) is 0 Å². The van der Waals surface area contributed by atoms with E-state index in [9.17, 15) is 9.90 Å². The Bertz CT molecular complexity index is 548. The topological polar surface area (TPSA) is 37.3 Å². The minimum Gasteiger partial charge on any atom is -0.393 e. The maximum absolute atomic E-state index is 11.9. The third-order valence-corrected chi connectivity index (χ3v) is 8.02. The van der Waals surface area contributed by atoms with Gasteiger partial charge in [-0.2, -0.15) is 0 Å². The third-order valence-electron chi connectivity index (χ3n) is 8.02. The Morgan fingerprint density at radius 2 is 2.17 bits per heavy atom. The molecule has 1 N–H and O–H groups in total. The second kappa shape index (κ2) is 5.58. The molecule has 0 aromatic rings. The van der Waals surface area contributed by atoms with E-state index in [2.05, 4.69) is 19.6 Å². The van der Waals surface area contributed by atoms with Gasteiger partial charge >= 0.3 is 0 Å². The lowest BCUT2D eigenvalue weighted by Gasteiger charge is -2.56. The first-order chi connectivity index (χ1) is 11.1. The molecule has 7 atom stereocenters. The number of carbonyl (C=O) groups excluding carboxylic acids is 1. The molecule has 0 radical (unpaired) electrons. The molecule has 0 heterocycles. The average Bonchev–Trinajstić information content (AvgIpc) is 2.90. The van der Waals surface area contributed by atoms with Gasteiger partial charge in [-0.25, -0.2) is 0 Å². The van der Waals surface area contributed by atoms with E-state index in [0.29, 0.717) is 35.4 Å². The monoisotopic (exact) mass is 314 g/mol. The summed E-state index contributed by atoms with van der Waals surface area (Å²) in [6.07, 6.45) is 12.5. The van der Waals surface area contributed by atoms with Crippen LogP contribution in [-0.4, -0.2) is 17.0 Å². The van der Waals surface area contributed by atoms with Gasteiger partial charge in [-0.05, 0) is 86.0 Å². The van der Waals surface area contributed by atoms with Crippen molar-refractivity contribution >= 4 is 5.78 Å². The zero-order valence-corrected chi connectivity index (χ0v) is 14.3. The van der Waals surface area contributed by atoms with Gasteiger partial charge in [0.1, 0.15) is 0 Å². The van der Waals surface area contributed by atoms with Crippen LogP contribution in [0.25, 0.3) is 0 Å². The van der Waals surface area contributed by atoms with E-state index in [1.54, 1.807) is 0 Å². The fourth-order valence-corrected chi connectivity index (χ4v) is 6.99. The van der Waals surface area contributed by atoms with Gasteiger partial charge in [0.25, 0.3) is 0 Å². The molecule has 126 valence electrons. The molecular weight excluding hydrogens is 284 g/mol. The molecule has 3 saturated carbocycles. The largest absolute Gasteiger partial charge is 0.393 e. The summed E-state index contributed by atoms with van der Waals surface area (Å²) in [5, 5.41) is 10.7. The summed E-state index contributed by atoms with van der Waals surface area (Å²) in [7, 11) is 0. The lowest BCUT2D eigenvalue weighted by Crippen LogP contribution is -2.51. The summed E-state index contributed by atoms with van der Waals surface area (Å²) in [4.78, 5) is 11.9. The van der Waals surface area contributed by atoms with Crippen LogP contribution in [0.3, 0.4) is 0 Å². The Kier molecular flexibility index (Phi) is 3.79. The van der Waals surface area contributed by atoms with Crippen LogP contribution in [-0.2, 0) is 4.79 Å². The van der Waals surface area contributed by atoms with Gasteiger partial charge in [-0.1, -0.05) is 18.6 Å². The van der Waals surface area contributed by atoms with Crippen molar-refractivity contribution in [2.24, 2.45) is 35.0 Å². The van der Waals surface area contributed by atoms with Gasteiger partial charge in [0.2, 0.25) is 0 Å². The molecule has 4 aliphatic carbocycles. The predicted molar refractivity (Wildman–Crippen MR) is 91.8 cm³/mol. The van der Waals surface area contributed by atoms with Crippen molar-refractivity contribution in [1.29, 1.82) is 0 Å². The third kappa shape index (κ3) is 2.13. The van der Waals surface area contributed by atoms with Crippen LogP contribution in [0.4, 0.5) is 0 Å². The van der Waals surface area contributed by atoms with Crippen molar-refractivity contribution in [3.8, 4) is 0 Å². The minimum atomic E-state index is -0.103. The number of ketones is 1. The molecule has 4 aliphatic rings. The molecule has 4 rings (SSSR count). The van der Waals surface area contributed by atoms with Gasteiger partial charge < -0.3 is 5.11 Å². The molecule has 0 spiro atoms. The van der Waals surface area contributed by atoms with Crippen LogP contribution in [0, 0.1) is 35.0 Å². The van der Waals surface area contributed by atoms with Crippen molar-refractivity contribution < 1.29 is 9.90 Å². The van der Waals surface area contributed by atoms with Crippen molar-refractivity contribution in [1.82, 2.24) is 0 Å². The Morgan fingerprint density at radius 3 is 2.91 bits per heavy atom. The van der Waals surface area contributed by atoms with Gasteiger partial charge in [0.15, 0.2) is 5.78 Å². The zero-order valence-electron chi connectivity index (χ0n) is 14.3. The highest BCUT2D eigenvalue weighted by Gasteiger charge is 2.59. The maximum atomic E-state index is 11.9. The van der Waals surface area contributed by atoms with Crippen molar-refractivity contribution in [2.45, 2.75) is 64.4 Å². The van der Waals surface area contributed by atoms with E-state index in [0.717, 1.165) is 32.1 Å². The second-order valence-corrected chi connectivity index (χ2v) is 8.50. The number of rotatable bonds is 2. The zero-order chi connectivity index (χ0) is 16.2. The van der Waals surface area contributed by atoms with Gasteiger partial charge in [-0.3, -0.25) is 4.79 Å². The standard InChI is InChI=1S/C21H30O2/c1-3-13-11-14-12-15(22)5-6-16(14)17-9-10-21(4-2)18(20(13)17)7-8-19(21)23/h3,12-13,16-20,23H,1,4-11H2,2H3/t13-,16+,17-,18+,19+,20-,21+/m1/s1. The number of fused-ring (bicyclic) bond motifs is 5. The minimum absolute atomic E-state index is 0.103. The summed E-state index contributed by atoms with van der Waals surface area (Å²) < 4.78 is 0. The second-order valence-electron chi connectivity index (χ2n) is 8.50. The fraction of sp³-hybridized carbons (Fsp3) is 0.762. The SMILES string of the molecule is C=C[C@@H]1CC2=CC(=O)CC[C@@H]2[C@H]2CC[C@]3(CC)[C@@H](O)CC[C@H]3[C@@H]21. The lowest BCUT2D eigenvalue weighted by molar-refractivity contribution is -0.116. The summed E-state index contributed by atoms with van der Waals surface area (Å²) >= 11 is 0. The van der Waals surface area contributed by atoms with E-state index >= 15 is 0 Å². The molecule has 0 aromatic heterocycles. The average molecular weight is 314 g/mol. The maximum Gasteiger partial charge on any atom is 0.155 e. The molecule has 0 saturated heterocycles. The Labute approximate surface area is 140 Å². The number of hydrogen-bond donors (Lipinski definition) is 1. The lowest BCUT2D eigenvalue weighted by atomic mass is 9.48. The van der Waals surface area contributed by atoms with Gasteiger partial charge in [-0.15, -0.1) is 6.58 Å². The van der Waals surface area contributed by atoms with Gasteiger partial charge in [0, 0.05) is 6.42 Å². The van der Waals surface area contributed by atoms with Gasteiger partial charge in [0.05, 0.1) is 6.10 Å². The Hall–Kier alpha value is -0.890. The number of aliphatic hydroxyl groups excluding tert-OH is 1. The number of hydrogen-bond acceptors (Lipinski definition) is 2. The Balaban J connectivity index is 1.72. The highest BCUT2D eigenvalue weighted by Crippen LogP contribution is 2.64. The summed E-state index contributed by atoms with van der Waals surface area (Å²) in [6.45, 7) is 6.42. The summed E-state index contributed by atoms with van der Waals surface area (Å²) in [5.74, 6) is 3.49. The van der Waals surface area contributed by atoms with E-state index in [1.165, 1.54) is 24.8 Å². The fourth-order valence-electron chi connectivity index (χ4n) is 6.99. The quantitative estimate of drug-likeness (QED) is 0.772. The first kappa shape index (κ1) is 15.6. The molecule has 2 nitrogen and oxygen atoms in total. The smallest absolute Gasteiger partial charge is 0.155 e. The normalized spacial score (nSPS) is 49.0. The first-order valence-corrected chi connectivity index (χ1v) is 9.64. The van der Waals surface area contributed by atoms with Crippen LogP contribution >= 0.6 is 0 Å². The molecule has 2 heteroatoms. The highest BCUT2D eigenvalue weighted by molar-refractivity contribution is 5.91. The number of carbonyl (C=O) groups is 1. The first-order valence-electron chi connectivity index (χ1n) is 9.64. The molecule has 0 aromatic carbocycles. The van der Waals surface area contributed by atoms with Crippen LogP contribution in [0.2, 0.25) is 0 Å². The molecule has 0 bridgehead atoms. The summed E-state index contributed by atoms with van der Waals surface area (Å²) in [5.41, 5.74) is 1.57. The van der Waals surface area contributed by atoms with Crippen LogP contribution in [0.5, 0.6) is 0 Å². The van der Waals surface area contributed by atoms with Crippen LogP contribution in [0.15, 0.2) is 24.3 Å².